The lowest BCUT2D eigenvalue weighted by Crippen LogP contribution is -1.82. The minimum Gasteiger partial charge on any atom is -0.493 e. The Hall–Kier alpha value is -0.940. The summed E-state index contributed by atoms with van der Waals surface area (Å²) in [5, 5.41) is 11.4. The van der Waals surface area contributed by atoms with Gasteiger partial charge in [-0.1, -0.05) is 0 Å². The lowest BCUT2D eigenvalue weighted by Gasteiger charge is -1.96. The van der Waals surface area contributed by atoms with Crippen LogP contribution in [0.1, 0.15) is 0 Å². The van der Waals surface area contributed by atoms with Gasteiger partial charge in [-0.2, -0.15) is 0 Å². The molecule has 0 saturated carbocycles. The van der Waals surface area contributed by atoms with Crippen molar-refractivity contribution in [1.29, 1.82) is 0 Å². The van der Waals surface area contributed by atoms with Gasteiger partial charge in [-0.3, -0.25) is 4.98 Å². The van der Waals surface area contributed by atoms with E-state index in [1.165, 1.54) is 11.3 Å². The molecular formula is C8H5BrN2OS. The van der Waals surface area contributed by atoms with Crippen LogP contribution in [-0.2, 0) is 0 Å². The maximum absolute atomic E-state index is 9.06. The van der Waals surface area contributed by atoms with Crippen LogP contribution in [0.2, 0.25) is 0 Å². The van der Waals surface area contributed by atoms with Gasteiger partial charge in [-0.15, -0.1) is 11.3 Å². The van der Waals surface area contributed by atoms with E-state index in [9.17, 15) is 0 Å². The molecule has 2 heterocycles. The van der Waals surface area contributed by atoms with Crippen molar-refractivity contribution in [3.8, 4) is 16.6 Å². The van der Waals surface area contributed by atoms with Gasteiger partial charge in [0, 0.05) is 10.7 Å². The van der Waals surface area contributed by atoms with Gasteiger partial charge in [0.1, 0.15) is 10.7 Å². The fourth-order valence-corrected chi connectivity index (χ4v) is 2.18. The molecule has 0 spiro atoms. The summed E-state index contributed by atoms with van der Waals surface area (Å²) in [6.45, 7) is 0. The van der Waals surface area contributed by atoms with Crippen molar-refractivity contribution in [3.63, 3.8) is 0 Å². The molecule has 0 amide bonds. The van der Waals surface area contributed by atoms with Gasteiger partial charge < -0.3 is 5.11 Å². The Kier molecular flexibility index (Phi) is 2.28. The number of nitrogens with zero attached hydrogens (tertiary/aromatic N) is 2. The largest absolute Gasteiger partial charge is 0.493 e. The Morgan fingerprint density at radius 2 is 2.31 bits per heavy atom. The van der Waals surface area contributed by atoms with Gasteiger partial charge in [0.25, 0.3) is 0 Å². The molecule has 2 aromatic rings. The van der Waals surface area contributed by atoms with E-state index in [1.807, 2.05) is 12.1 Å². The lowest BCUT2D eigenvalue weighted by atomic mass is 10.4. The van der Waals surface area contributed by atoms with E-state index >= 15 is 0 Å². The molecule has 0 atom stereocenters. The van der Waals surface area contributed by atoms with Crippen molar-refractivity contribution in [3.05, 3.63) is 28.2 Å². The summed E-state index contributed by atoms with van der Waals surface area (Å²) in [4.78, 5) is 8.08. The molecule has 0 aliphatic carbocycles. The fraction of sp³-hybridized carbons (Fsp3) is 0. The van der Waals surface area contributed by atoms with Crippen molar-refractivity contribution >= 4 is 27.3 Å². The highest BCUT2D eigenvalue weighted by Crippen LogP contribution is 2.29. The molecule has 0 aliphatic heterocycles. The number of aromatic nitrogens is 2. The molecule has 0 bridgehead atoms. The van der Waals surface area contributed by atoms with Crippen LogP contribution in [0.5, 0.6) is 5.88 Å². The summed E-state index contributed by atoms with van der Waals surface area (Å²) in [5.41, 5.74) is 0.757. The van der Waals surface area contributed by atoms with E-state index in [2.05, 4.69) is 25.9 Å². The Labute approximate surface area is 87.2 Å². The van der Waals surface area contributed by atoms with Gasteiger partial charge in [0.05, 0.1) is 5.38 Å². The third kappa shape index (κ3) is 1.71. The first kappa shape index (κ1) is 8.65. The van der Waals surface area contributed by atoms with Crippen molar-refractivity contribution in [2.75, 3.05) is 0 Å². The Balaban J connectivity index is 2.52. The molecule has 0 radical (unpaired) electrons. The number of hydrogen-bond acceptors (Lipinski definition) is 4. The lowest BCUT2D eigenvalue weighted by molar-refractivity contribution is 0.458. The van der Waals surface area contributed by atoms with E-state index in [0.717, 1.165) is 10.2 Å². The monoisotopic (exact) mass is 256 g/mol. The number of pyridine rings is 1. The second-order valence-corrected chi connectivity index (χ2v) is 4.06. The molecule has 0 aliphatic rings. The maximum Gasteiger partial charge on any atom is 0.222 e. The van der Waals surface area contributed by atoms with Crippen LogP contribution < -0.4 is 0 Å². The molecule has 3 nitrogen and oxygen atoms in total. The highest BCUT2D eigenvalue weighted by Gasteiger charge is 2.07. The molecule has 0 saturated heterocycles. The third-order valence-corrected chi connectivity index (χ3v) is 2.93. The van der Waals surface area contributed by atoms with Crippen molar-refractivity contribution in [2.24, 2.45) is 0 Å². The number of hydrogen-bond donors (Lipinski definition) is 1. The van der Waals surface area contributed by atoms with Gasteiger partial charge >= 0.3 is 0 Å². The van der Waals surface area contributed by atoms with Crippen molar-refractivity contribution in [1.82, 2.24) is 9.97 Å². The molecule has 1 N–H and O–H groups in total. The first-order valence-corrected chi connectivity index (χ1v) is 5.20. The zero-order chi connectivity index (χ0) is 9.26. The molecular weight excluding hydrogens is 252 g/mol. The van der Waals surface area contributed by atoms with Gasteiger partial charge in [-0.25, -0.2) is 4.98 Å². The molecule has 5 heteroatoms. The molecule has 0 fully saturated rings. The number of thiazole rings is 1. The predicted octanol–water partition coefficient (Wildman–Crippen LogP) is 2.67. The molecule has 2 rings (SSSR count). The fourth-order valence-electron chi connectivity index (χ4n) is 0.917. The first-order chi connectivity index (χ1) is 6.27. The van der Waals surface area contributed by atoms with Crippen LogP contribution in [0.3, 0.4) is 0 Å². The molecule has 13 heavy (non-hydrogen) atoms. The third-order valence-electron chi connectivity index (χ3n) is 1.45. The van der Waals surface area contributed by atoms with E-state index in [-0.39, 0.29) is 5.88 Å². The SMILES string of the molecule is Oc1csc(-c2ncccc2Br)n1. The van der Waals surface area contributed by atoms with E-state index in [0.29, 0.717) is 5.01 Å². The average molecular weight is 257 g/mol. The summed E-state index contributed by atoms with van der Waals surface area (Å²) in [7, 11) is 0. The van der Waals surface area contributed by atoms with Crippen molar-refractivity contribution < 1.29 is 5.11 Å². The van der Waals surface area contributed by atoms with Crippen LogP contribution in [0.4, 0.5) is 0 Å². The van der Waals surface area contributed by atoms with Crippen LogP contribution in [0, 0.1) is 0 Å². The molecule has 2 aromatic heterocycles. The van der Waals surface area contributed by atoms with Crippen LogP contribution in [-0.4, -0.2) is 15.1 Å². The second kappa shape index (κ2) is 3.43. The molecule has 0 unspecified atom stereocenters. The molecule has 0 aromatic carbocycles. The van der Waals surface area contributed by atoms with Crippen molar-refractivity contribution in [2.45, 2.75) is 0 Å². The Morgan fingerprint density at radius 3 is 2.92 bits per heavy atom. The zero-order valence-electron chi connectivity index (χ0n) is 6.44. The number of rotatable bonds is 1. The van der Waals surface area contributed by atoms with Gasteiger partial charge in [-0.05, 0) is 28.1 Å². The van der Waals surface area contributed by atoms with Crippen LogP contribution >= 0.6 is 27.3 Å². The van der Waals surface area contributed by atoms with Gasteiger partial charge in [0.15, 0.2) is 0 Å². The van der Waals surface area contributed by atoms with Gasteiger partial charge in [0.2, 0.25) is 5.88 Å². The predicted molar refractivity (Wildman–Crippen MR) is 54.7 cm³/mol. The summed E-state index contributed by atoms with van der Waals surface area (Å²) in [5.74, 6) is 0.0394. The quantitative estimate of drug-likeness (QED) is 0.854. The minimum atomic E-state index is 0.0394. The Morgan fingerprint density at radius 1 is 1.46 bits per heavy atom. The highest BCUT2D eigenvalue weighted by atomic mass is 79.9. The standard InChI is InChI=1S/C8H5BrN2OS/c9-5-2-1-3-10-7(5)8-11-6(12)4-13-8/h1-4,12H. The van der Waals surface area contributed by atoms with E-state index < -0.39 is 0 Å². The number of halogens is 1. The van der Waals surface area contributed by atoms with Crippen LogP contribution in [0.25, 0.3) is 10.7 Å². The zero-order valence-corrected chi connectivity index (χ0v) is 8.84. The smallest absolute Gasteiger partial charge is 0.222 e. The average Bonchev–Trinajstić information content (AvgIpc) is 2.53. The van der Waals surface area contributed by atoms with E-state index in [4.69, 9.17) is 5.11 Å². The van der Waals surface area contributed by atoms with Crippen LogP contribution in [0.15, 0.2) is 28.2 Å². The normalized spacial score (nSPS) is 10.2. The number of aromatic hydroxyl groups is 1. The van der Waals surface area contributed by atoms with E-state index in [1.54, 1.807) is 11.6 Å². The maximum atomic E-state index is 9.06. The summed E-state index contributed by atoms with van der Waals surface area (Å²) in [6, 6.07) is 3.72. The summed E-state index contributed by atoms with van der Waals surface area (Å²) >= 11 is 4.73. The second-order valence-electron chi connectivity index (χ2n) is 2.34. The Bertz CT molecular complexity index is 430. The topological polar surface area (TPSA) is 46.0 Å². The minimum absolute atomic E-state index is 0.0394. The highest BCUT2D eigenvalue weighted by molar-refractivity contribution is 9.10. The molecule has 66 valence electrons. The first-order valence-electron chi connectivity index (χ1n) is 3.53. The summed E-state index contributed by atoms with van der Waals surface area (Å²) in [6.07, 6.45) is 1.69. The summed E-state index contributed by atoms with van der Waals surface area (Å²) < 4.78 is 0.879.